The van der Waals surface area contributed by atoms with Crippen LogP contribution in [0.4, 0.5) is 5.69 Å². The van der Waals surface area contributed by atoms with Crippen molar-refractivity contribution in [1.29, 1.82) is 0 Å². The molecule has 17 heavy (non-hydrogen) atoms. The third-order valence-electron chi connectivity index (χ3n) is 2.34. The van der Waals surface area contributed by atoms with Crippen molar-refractivity contribution in [2.24, 2.45) is 0 Å². The van der Waals surface area contributed by atoms with Crippen LogP contribution in [0.25, 0.3) is 0 Å². The van der Waals surface area contributed by atoms with Gasteiger partial charge >= 0.3 is 0 Å². The predicted octanol–water partition coefficient (Wildman–Crippen LogP) is 1.94. The second-order valence-corrected chi connectivity index (χ2v) is 3.93. The number of nitrogens with one attached hydrogen (secondary N) is 2. The molecule has 0 saturated heterocycles. The molecule has 0 bridgehead atoms. The number of anilines is 1. The van der Waals surface area contributed by atoms with Gasteiger partial charge in [-0.15, -0.1) is 0 Å². The second-order valence-electron chi connectivity index (χ2n) is 3.93. The number of ether oxygens (including phenoxy) is 1. The number of methoxy groups -OCH3 is 1. The SMILES string of the molecule is CCCNCC(=O)Nc1ccc(C)cc1OC. The van der Waals surface area contributed by atoms with Crippen LogP contribution in [0.2, 0.25) is 0 Å². The van der Waals surface area contributed by atoms with E-state index in [0.717, 1.165) is 18.5 Å². The highest BCUT2D eigenvalue weighted by molar-refractivity contribution is 5.93. The molecule has 0 atom stereocenters. The maximum atomic E-state index is 11.6. The normalized spacial score (nSPS) is 10.1. The van der Waals surface area contributed by atoms with Crippen molar-refractivity contribution in [3.05, 3.63) is 23.8 Å². The quantitative estimate of drug-likeness (QED) is 0.742. The van der Waals surface area contributed by atoms with E-state index in [0.29, 0.717) is 18.0 Å². The lowest BCUT2D eigenvalue weighted by Gasteiger charge is -2.11. The summed E-state index contributed by atoms with van der Waals surface area (Å²) >= 11 is 0. The molecule has 0 unspecified atom stereocenters. The van der Waals surface area contributed by atoms with Crippen LogP contribution >= 0.6 is 0 Å². The Hall–Kier alpha value is -1.55. The van der Waals surface area contributed by atoms with E-state index >= 15 is 0 Å². The lowest BCUT2D eigenvalue weighted by atomic mass is 10.2. The molecule has 4 nitrogen and oxygen atoms in total. The number of hydrogen-bond acceptors (Lipinski definition) is 3. The Morgan fingerprint density at radius 3 is 2.82 bits per heavy atom. The molecule has 1 aromatic rings. The highest BCUT2D eigenvalue weighted by atomic mass is 16.5. The molecule has 0 radical (unpaired) electrons. The first-order valence-electron chi connectivity index (χ1n) is 5.82. The average Bonchev–Trinajstić information content (AvgIpc) is 2.32. The maximum absolute atomic E-state index is 11.6. The van der Waals surface area contributed by atoms with Gasteiger partial charge in [-0.3, -0.25) is 4.79 Å². The molecule has 2 N–H and O–H groups in total. The number of carbonyl (C=O) groups is 1. The summed E-state index contributed by atoms with van der Waals surface area (Å²) in [5.41, 5.74) is 1.81. The summed E-state index contributed by atoms with van der Waals surface area (Å²) in [5.74, 6) is 0.634. The van der Waals surface area contributed by atoms with Crippen LogP contribution in [0.1, 0.15) is 18.9 Å². The lowest BCUT2D eigenvalue weighted by molar-refractivity contribution is -0.115. The van der Waals surface area contributed by atoms with E-state index in [1.165, 1.54) is 0 Å². The summed E-state index contributed by atoms with van der Waals surface area (Å²) < 4.78 is 5.22. The number of aryl methyl sites for hydroxylation is 1. The van der Waals surface area contributed by atoms with Gasteiger partial charge in [0.15, 0.2) is 0 Å². The highest BCUT2D eigenvalue weighted by Gasteiger charge is 2.06. The Labute approximate surface area is 102 Å². The zero-order valence-electron chi connectivity index (χ0n) is 10.7. The van der Waals surface area contributed by atoms with Crippen LogP contribution < -0.4 is 15.4 Å². The molecule has 4 heteroatoms. The molecular weight excluding hydrogens is 216 g/mol. The molecule has 0 fully saturated rings. The minimum absolute atomic E-state index is 0.0550. The van der Waals surface area contributed by atoms with Crippen LogP contribution in [-0.2, 0) is 4.79 Å². The van der Waals surface area contributed by atoms with E-state index in [4.69, 9.17) is 4.74 Å². The second kappa shape index (κ2) is 6.91. The molecule has 0 aromatic heterocycles. The highest BCUT2D eigenvalue weighted by Crippen LogP contribution is 2.24. The molecule has 0 aliphatic carbocycles. The third kappa shape index (κ3) is 4.44. The summed E-state index contributed by atoms with van der Waals surface area (Å²) in [6, 6.07) is 5.69. The van der Waals surface area contributed by atoms with Crippen LogP contribution in [0.15, 0.2) is 18.2 Å². The van der Waals surface area contributed by atoms with Crippen LogP contribution in [0.5, 0.6) is 5.75 Å². The van der Waals surface area contributed by atoms with E-state index in [-0.39, 0.29) is 5.91 Å². The zero-order valence-corrected chi connectivity index (χ0v) is 10.7. The maximum Gasteiger partial charge on any atom is 0.238 e. The van der Waals surface area contributed by atoms with Gasteiger partial charge in [-0.2, -0.15) is 0 Å². The van der Waals surface area contributed by atoms with Crippen LogP contribution in [-0.4, -0.2) is 26.1 Å². The predicted molar refractivity (Wildman–Crippen MR) is 69.5 cm³/mol. The Morgan fingerprint density at radius 2 is 2.18 bits per heavy atom. The molecular formula is C13H20N2O2. The Bertz CT molecular complexity index is 378. The van der Waals surface area contributed by atoms with Crippen molar-refractivity contribution in [2.45, 2.75) is 20.3 Å². The molecule has 0 aliphatic rings. The first-order valence-corrected chi connectivity index (χ1v) is 5.82. The standard InChI is InChI=1S/C13H20N2O2/c1-4-7-14-9-13(16)15-11-6-5-10(2)8-12(11)17-3/h5-6,8,14H,4,7,9H2,1-3H3,(H,15,16). The average molecular weight is 236 g/mol. The van der Waals surface area contributed by atoms with E-state index in [2.05, 4.69) is 17.6 Å². The van der Waals surface area contributed by atoms with Gasteiger partial charge in [0.25, 0.3) is 0 Å². The summed E-state index contributed by atoms with van der Waals surface area (Å²) in [5, 5.41) is 5.87. The third-order valence-corrected chi connectivity index (χ3v) is 2.34. The molecule has 94 valence electrons. The van der Waals surface area contributed by atoms with Crippen molar-refractivity contribution < 1.29 is 9.53 Å². The van der Waals surface area contributed by atoms with Gasteiger partial charge in [-0.1, -0.05) is 13.0 Å². The Kier molecular flexibility index (Phi) is 5.49. The lowest BCUT2D eigenvalue weighted by Crippen LogP contribution is -2.28. The summed E-state index contributed by atoms with van der Waals surface area (Å²) in [6.45, 7) is 5.22. The summed E-state index contributed by atoms with van der Waals surface area (Å²) in [4.78, 5) is 11.6. The van der Waals surface area contributed by atoms with Gasteiger partial charge in [-0.25, -0.2) is 0 Å². The van der Waals surface area contributed by atoms with Crippen molar-refractivity contribution >= 4 is 11.6 Å². The fraction of sp³-hybridized carbons (Fsp3) is 0.462. The minimum Gasteiger partial charge on any atom is -0.495 e. The molecule has 1 aromatic carbocycles. The minimum atomic E-state index is -0.0550. The van der Waals surface area contributed by atoms with Gasteiger partial charge in [0, 0.05) is 0 Å². The van der Waals surface area contributed by atoms with E-state index < -0.39 is 0 Å². The zero-order chi connectivity index (χ0) is 12.7. The van der Waals surface area contributed by atoms with Crippen LogP contribution in [0, 0.1) is 6.92 Å². The van der Waals surface area contributed by atoms with E-state index in [1.54, 1.807) is 7.11 Å². The van der Waals surface area contributed by atoms with Gasteiger partial charge in [0.1, 0.15) is 5.75 Å². The van der Waals surface area contributed by atoms with Gasteiger partial charge in [0.05, 0.1) is 19.3 Å². The monoisotopic (exact) mass is 236 g/mol. The summed E-state index contributed by atoms with van der Waals surface area (Å²) in [6.07, 6.45) is 1.02. The molecule has 0 spiro atoms. The smallest absolute Gasteiger partial charge is 0.238 e. The molecule has 0 heterocycles. The van der Waals surface area contributed by atoms with Gasteiger partial charge in [-0.05, 0) is 37.6 Å². The van der Waals surface area contributed by atoms with E-state index in [9.17, 15) is 4.79 Å². The Balaban J connectivity index is 2.58. The van der Waals surface area contributed by atoms with E-state index in [1.807, 2.05) is 25.1 Å². The van der Waals surface area contributed by atoms with Gasteiger partial charge in [0.2, 0.25) is 5.91 Å². The van der Waals surface area contributed by atoms with Crippen LogP contribution in [0.3, 0.4) is 0 Å². The number of amides is 1. The Morgan fingerprint density at radius 1 is 1.41 bits per heavy atom. The summed E-state index contributed by atoms with van der Waals surface area (Å²) in [7, 11) is 1.60. The van der Waals surface area contributed by atoms with Crippen molar-refractivity contribution in [3.63, 3.8) is 0 Å². The topological polar surface area (TPSA) is 50.4 Å². The first-order chi connectivity index (χ1) is 8.17. The van der Waals surface area contributed by atoms with Gasteiger partial charge < -0.3 is 15.4 Å². The number of rotatable bonds is 6. The fourth-order valence-corrected chi connectivity index (χ4v) is 1.47. The fourth-order valence-electron chi connectivity index (χ4n) is 1.47. The van der Waals surface area contributed by atoms with Crippen molar-refractivity contribution in [2.75, 3.05) is 25.5 Å². The number of hydrogen-bond donors (Lipinski definition) is 2. The molecule has 0 aliphatic heterocycles. The molecule has 1 rings (SSSR count). The molecule has 0 saturated carbocycles. The molecule has 1 amide bonds. The first kappa shape index (κ1) is 13.5. The number of benzene rings is 1. The van der Waals surface area contributed by atoms with Crippen molar-refractivity contribution in [1.82, 2.24) is 5.32 Å². The number of carbonyl (C=O) groups excluding carboxylic acids is 1. The van der Waals surface area contributed by atoms with Crippen molar-refractivity contribution in [3.8, 4) is 5.75 Å². The largest absolute Gasteiger partial charge is 0.495 e.